The highest BCUT2D eigenvalue weighted by molar-refractivity contribution is 7.89. The van der Waals surface area contributed by atoms with Crippen LogP contribution in [-0.4, -0.2) is 20.4 Å². The average molecular weight is 392 g/mol. The molecule has 0 fully saturated rings. The smallest absolute Gasteiger partial charge is 0.265 e. The number of hydrogen-bond donors (Lipinski definition) is 2. The van der Waals surface area contributed by atoms with Gasteiger partial charge in [0.1, 0.15) is 0 Å². The maximum absolute atomic E-state index is 13.5. The molecule has 0 aliphatic carbocycles. The van der Waals surface area contributed by atoms with Crippen molar-refractivity contribution in [2.75, 3.05) is 5.32 Å². The van der Waals surface area contributed by atoms with Gasteiger partial charge in [-0.25, -0.2) is 22.3 Å². The van der Waals surface area contributed by atoms with Gasteiger partial charge >= 0.3 is 0 Å². The van der Waals surface area contributed by atoms with Gasteiger partial charge in [-0.05, 0) is 31.2 Å². The molecule has 0 bridgehead atoms. The Morgan fingerprint density at radius 3 is 2.04 bits per heavy atom. The monoisotopic (exact) mass is 392 g/mol. The molecule has 0 saturated carbocycles. The molecule has 2 rings (SSSR count). The maximum Gasteiger partial charge on any atom is 0.265 e. The highest BCUT2D eigenvalue weighted by atomic mass is 32.2. The van der Waals surface area contributed by atoms with Gasteiger partial charge in [0.2, 0.25) is 21.7 Å². The van der Waals surface area contributed by atoms with Crippen LogP contribution in [0.3, 0.4) is 0 Å². The van der Waals surface area contributed by atoms with Crippen LogP contribution >= 0.6 is 0 Å². The molecule has 0 spiro atoms. The minimum absolute atomic E-state index is 0.00924. The number of nitrogens with one attached hydrogen (secondary N) is 1. The Morgan fingerprint density at radius 1 is 1.08 bits per heavy atom. The van der Waals surface area contributed by atoms with Gasteiger partial charge in [0.25, 0.3) is 5.91 Å². The molecule has 0 aliphatic rings. The highest BCUT2D eigenvalue weighted by Crippen LogP contribution is 2.27. The van der Waals surface area contributed by atoms with Crippen molar-refractivity contribution in [3.8, 4) is 5.75 Å². The van der Waals surface area contributed by atoms with E-state index in [1.807, 2.05) is 0 Å². The Bertz CT molecular complexity index is 923. The number of sulfonamides is 1. The predicted octanol–water partition coefficient (Wildman–Crippen LogP) is 2.30. The summed E-state index contributed by atoms with van der Waals surface area (Å²) in [5.41, 5.74) is 0.129. The van der Waals surface area contributed by atoms with Crippen LogP contribution in [0, 0.1) is 23.3 Å². The summed E-state index contributed by atoms with van der Waals surface area (Å²) >= 11 is 0. The number of carbonyl (C=O) groups is 1. The number of nitrogens with two attached hydrogens (primary N) is 1. The fourth-order valence-corrected chi connectivity index (χ4v) is 2.37. The lowest BCUT2D eigenvalue weighted by Gasteiger charge is -2.16. The number of amides is 1. The lowest BCUT2D eigenvalue weighted by Crippen LogP contribution is -2.31. The van der Waals surface area contributed by atoms with E-state index in [-0.39, 0.29) is 16.6 Å². The van der Waals surface area contributed by atoms with Gasteiger partial charge in [0.05, 0.1) is 4.90 Å². The topological polar surface area (TPSA) is 98.5 Å². The molecule has 0 aliphatic heterocycles. The highest BCUT2D eigenvalue weighted by Gasteiger charge is 2.25. The molecular formula is C15H12F4N2O4S. The molecule has 0 radical (unpaired) electrons. The molecule has 0 saturated heterocycles. The van der Waals surface area contributed by atoms with Crippen LogP contribution in [0.25, 0.3) is 0 Å². The van der Waals surface area contributed by atoms with Crippen molar-refractivity contribution in [1.29, 1.82) is 0 Å². The second-order valence-corrected chi connectivity index (χ2v) is 6.68. The summed E-state index contributed by atoms with van der Waals surface area (Å²) in [6.45, 7) is 1.09. The minimum atomic E-state index is -3.91. The predicted molar refractivity (Wildman–Crippen MR) is 82.8 cm³/mol. The third kappa shape index (κ3) is 4.29. The fraction of sp³-hybridized carbons (Fsp3) is 0.133. The van der Waals surface area contributed by atoms with Crippen LogP contribution in [0.15, 0.2) is 35.2 Å². The zero-order valence-corrected chi connectivity index (χ0v) is 13.9. The largest absolute Gasteiger partial charge is 0.475 e. The molecule has 1 amide bonds. The van der Waals surface area contributed by atoms with Crippen LogP contribution in [0.5, 0.6) is 5.75 Å². The Morgan fingerprint density at radius 2 is 1.58 bits per heavy atom. The summed E-state index contributed by atoms with van der Waals surface area (Å²) in [4.78, 5) is 11.8. The van der Waals surface area contributed by atoms with Gasteiger partial charge < -0.3 is 10.1 Å². The molecular weight excluding hydrogens is 380 g/mol. The van der Waals surface area contributed by atoms with Crippen molar-refractivity contribution >= 4 is 21.6 Å². The lowest BCUT2D eigenvalue weighted by atomic mass is 10.2. The van der Waals surface area contributed by atoms with Gasteiger partial charge in [0, 0.05) is 11.8 Å². The molecule has 11 heteroatoms. The first kappa shape index (κ1) is 19.7. The van der Waals surface area contributed by atoms with E-state index in [9.17, 15) is 30.8 Å². The van der Waals surface area contributed by atoms with Crippen LogP contribution in [-0.2, 0) is 14.8 Å². The van der Waals surface area contributed by atoms with E-state index in [1.54, 1.807) is 0 Å². The van der Waals surface area contributed by atoms with Crippen molar-refractivity contribution in [3.05, 3.63) is 53.6 Å². The number of ether oxygens (including phenoxy) is 1. The minimum Gasteiger partial charge on any atom is -0.475 e. The molecule has 2 aromatic carbocycles. The SMILES string of the molecule is C[C@@H](Oc1c(F)c(F)cc(F)c1F)C(=O)Nc1ccc(S(N)(=O)=O)cc1. The molecule has 2 aromatic rings. The number of halogens is 4. The summed E-state index contributed by atoms with van der Waals surface area (Å²) in [6, 6.07) is 4.69. The van der Waals surface area contributed by atoms with Crippen LogP contribution in [0.2, 0.25) is 0 Å². The van der Waals surface area contributed by atoms with Crippen molar-refractivity contribution in [2.24, 2.45) is 5.14 Å². The first-order valence-corrected chi connectivity index (χ1v) is 8.48. The number of anilines is 1. The third-order valence-corrected chi connectivity index (χ3v) is 4.11. The second kappa shape index (κ2) is 7.30. The number of hydrogen-bond acceptors (Lipinski definition) is 4. The molecule has 0 unspecified atom stereocenters. The molecule has 6 nitrogen and oxygen atoms in total. The molecule has 140 valence electrons. The summed E-state index contributed by atoms with van der Waals surface area (Å²) < 4.78 is 80.3. The zero-order chi connectivity index (χ0) is 19.6. The first-order chi connectivity index (χ1) is 12.0. The van der Waals surface area contributed by atoms with Gasteiger partial charge in [-0.2, -0.15) is 8.78 Å². The van der Waals surface area contributed by atoms with E-state index in [4.69, 9.17) is 9.88 Å². The molecule has 0 aromatic heterocycles. The number of primary sulfonamides is 1. The lowest BCUT2D eigenvalue weighted by molar-refractivity contribution is -0.122. The zero-order valence-electron chi connectivity index (χ0n) is 13.1. The summed E-state index contributed by atoms with van der Waals surface area (Å²) in [5, 5.41) is 7.20. The number of benzene rings is 2. The molecule has 1 atom stereocenters. The summed E-state index contributed by atoms with van der Waals surface area (Å²) in [7, 11) is -3.91. The van der Waals surface area contributed by atoms with Crippen molar-refractivity contribution in [1.82, 2.24) is 0 Å². The third-order valence-electron chi connectivity index (χ3n) is 3.19. The van der Waals surface area contributed by atoms with Crippen LogP contribution in [0.4, 0.5) is 23.2 Å². The second-order valence-electron chi connectivity index (χ2n) is 5.12. The summed E-state index contributed by atoms with van der Waals surface area (Å²) in [6.07, 6.45) is -1.53. The molecule has 0 heterocycles. The van der Waals surface area contributed by atoms with E-state index in [1.165, 1.54) is 12.1 Å². The quantitative estimate of drug-likeness (QED) is 0.603. The van der Waals surface area contributed by atoms with Gasteiger partial charge in [0.15, 0.2) is 23.5 Å². The average Bonchev–Trinajstić information content (AvgIpc) is 2.56. The van der Waals surface area contributed by atoms with Gasteiger partial charge in [-0.1, -0.05) is 0 Å². The van der Waals surface area contributed by atoms with E-state index in [0.717, 1.165) is 19.1 Å². The van der Waals surface area contributed by atoms with E-state index in [2.05, 4.69) is 5.32 Å². The summed E-state index contributed by atoms with van der Waals surface area (Å²) in [5.74, 6) is -9.18. The maximum atomic E-state index is 13.5. The normalized spacial score (nSPS) is 12.5. The van der Waals surface area contributed by atoms with E-state index in [0.29, 0.717) is 0 Å². The van der Waals surface area contributed by atoms with Gasteiger partial charge in [-0.3, -0.25) is 4.79 Å². The van der Waals surface area contributed by atoms with Crippen molar-refractivity contribution in [2.45, 2.75) is 17.9 Å². The number of rotatable bonds is 5. The van der Waals surface area contributed by atoms with Crippen molar-refractivity contribution < 1.29 is 35.5 Å². The molecule has 26 heavy (non-hydrogen) atoms. The Kier molecular flexibility index (Phi) is 5.52. The number of carbonyl (C=O) groups excluding carboxylic acids is 1. The van der Waals surface area contributed by atoms with Gasteiger partial charge in [-0.15, -0.1) is 0 Å². The Labute approximate surface area is 145 Å². The first-order valence-electron chi connectivity index (χ1n) is 6.94. The Balaban J connectivity index is 2.14. The fourth-order valence-electron chi connectivity index (χ4n) is 1.86. The van der Waals surface area contributed by atoms with Crippen LogP contribution in [0.1, 0.15) is 6.92 Å². The van der Waals surface area contributed by atoms with E-state index >= 15 is 0 Å². The molecule has 3 N–H and O–H groups in total. The van der Waals surface area contributed by atoms with E-state index < -0.39 is 51.1 Å². The van der Waals surface area contributed by atoms with Crippen LogP contribution < -0.4 is 15.2 Å². The Hall–Kier alpha value is -2.66. The van der Waals surface area contributed by atoms with Crippen molar-refractivity contribution in [3.63, 3.8) is 0 Å². The standard InChI is InChI=1S/C15H12F4N2O4S/c1-7(25-14-12(18)10(16)6-11(17)13(14)19)15(22)21-8-2-4-9(5-3-8)26(20,23)24/h2-7H,1H3,(H,21,22)(H2,20,23,24)/t7-/m1/s1.